The summed E-state index contributed by atoms with van der Waals surface area (Å²) in [4.78, 5) is 20.6. The van der Waals surface area contributed by atoms with Gasteiger partial charge in [-0.25, -0.2) is 0 Å². The molecule has 0 aliphatic heterocycles. The molecular weight excluding hydrogens is 388 g/mol. The summed E-state index contributed by atoms with van der Waals surface area (Å²) in [5.41, 5.74) is 16.0. The molecule has 29 heavy (non-hydrogen) atoms. The van der Waals surface area contributed by atoms with Crippen molar-refractivity contribution < 1.29 is 4.79 Å². The van der Waals surface area contributed by atoms with Crippen molar-refractivity contribution >= 4 is 39.7 Å². The number of pyridine rings is 2. The lowest BCUT2D eigenvalue weighted by Gasteiger charge is -2.15. The predicted octanol–water partition coefficient (Wildman–Crippen LogP) is 3.51. The van der Waals surface area contributed by atoms with Gasteiger partial charge in [0.15, 0.2) is 6.04 Å². The predicted molar refractivity (Wildman–Crippen MR) is 113 cm³/mol. The highest BCUT2D eigenvalue weighted by Gasteiger charge is 2.31. The van der Waals surface area contributed by atoms with Crippen LogP contribution in [-0.2, 0) is 4.79 Å². The number of aromatic nitrogens is 2. The van der Waals surface area contributed by atoms with E-state index in [0.717, 1.165) is 29.4 Å². The average Bonchev–Trinajstić information content (AvgIpc) is 3.56. The maximum Gasteiger partial charge on any atom is 0.224 e. The Morgan fingerprint density at radius 2 is 2.03 bits per heavy atom. The Labute approximate surface area is 172 Å². The summed E-state index contributed by atoms with van der Waals surface area (Å²) in [5, 5.41) is 14.1. The van der Waals surface area contributed by atoms with E-state index in [1.165, 1.54) is 0 Å². The second-order valence-electron chi connectivity index (χ2n) is 7.23. The number of nitriles is 1. The maximum atomic E-state index is 12.1. The zero-order valence-electron chi connectivity index (χ0n) is 15.7. The fourth-order valence-electron chi connectivity index (χ4n) is 3.26. The van der Waals surface area contributed by atoms with Crippen molar-refractivity contribution in [3.63, 3.8) is 0 Å². The molecule has 1 aliphatic carbocycles. The Morgan fingerprint density at radius 1 is 1.28 bits per heavy atom. The number of nitrogens with zero attached hydrogens (tertiary/aromatic N) is 3. The van der Waals surface area contributed by atoms with E-state index in [9.17, 15) is 10.1 Å². The van der Waals surface area contributed by atoms with Gasteiger partial charge in [0.05, 0.1) is 34.4 Å². The standard InChI is InChI=1S/C21H19ClN6O/c1-10-14(7-26-9-16(10)24)13-4-12-5-17(27-8-15(12)20(25)19(13)22)18(6-23)28-21(29)11-2-3-11/h4-5,7-9,11,18H,2-3,24-25H2,1H3,(H,28,29). The van der Waals surface area contributed by atoms with Crippen LogP contribution in [0.5, 0.6) is 0 Å². The number of amides is 1. The van der Waals surface area contributed by atoms with Gasteiger partial charge in [0.25, 0.3) is 0 Å². The molecule has 1 saturated carbocycles. The van der Waals surface area contributed by atoms with Gasteiger partial charge in [0.2, 0.25) is 5.91 Å². The molecule has 3 aromatic rings. The molecule has 7 nitrogen and oxygen atoms in total. The zero-order chi connectivity index (χ0) is 20.7. The molecule has 0 radical (unpaired) electrons. The molecule has 1 atom stereocenters. The third kappa shape index (κ3) is 3.43. The summed E-state index contributed by atoms with van der Waals surface area (Å²) in [6.45, 7) is 1.89. The summed E-state index contributed by atoms with van der Waals surface area (Å²) >= 11 is 6.54. The maximum absolute atomic E-state index is 12.1. The molecule has 2 heterocycles. The van der Waals surface area contributed by atoms with Crippen molar-refractivity contribution in [3.05, 3.63) is 47.0 Å². The van der Waals surface area contributed by atoms with Gasteiger partial charge in [0, 0.05) is 34.8 Å². The lowest BCUT2D eigenvalue weighted by molar-refractivity contribution is -0.122. The fourth-order valence-corrected chi connectivity index (χ4v) is 3.52. The number of nitrogen functional groups attached to an aromatic ring is 2. The van der Waals surface area contributed by atoms with Crippen LogP contribution in [-0.4, -0.2) is 15.9 Å². The Morgan fingerprint density at radius 3 is 2.72 bits per heavy atom. The Hall–Kier alpha value is -3.37. The second kappa shape index (κ2) is 7.22. The third-order valence-corrected chi connectivity index (χ3v) is 5.63. The first-order valence-electron chi connectivity index (χ1n) is 9.18. The van der Waals surface area contributed by atoms with Gasteiger partial charge in [0.1, 0.15) is 0 Å². The summed E-state index contributed by atoms with van der Waals surface area (Å²) in [6.07, 6.45) is 6.57. The van der Waals surface area contributed by atoms with Crippen LogP contribution in [0, 0.1) is 24.2 Å². The van der Waals surface area contributed by atoms with E-state index in [0.29, 0.717) is 33.0 Å². The highest BCUT2D eigenvalue weighted by Crippen LogP contribution is 2.40. The molecule has 1 fully saturated rings. The number of carbonyl (C=O) groups excluding carboxylic acids is 1. The minimum absolute atomic E-state index is 0.00590. The van der Waals surface area contributed by atoms with Gasteiger partial charge in [-0.15, -0.1) is 0 Å². The van der Waals surface area contributed by atoms with Gasteiger partial charge < -0.3 is 16.8 Å². The van der Waals surface area contributed by atoms with Gasteiger partial charge in [-0.2, -0.15) is 5.26 Å². The molecule has 0 spiro atoms. The third-order valence-electron chi connectivity index (χ3n) is 5.22. The molecule has 1 amide bonds. The van der Waals surface area contributed by atoms with E-state index < -0.39 is 6.04 Å². The van der Waals surface area contributed by atoms with Gasteiger partial charge in [-0.3, -0.25) is 14.8 Å². The van der Waals surface area contributed by atoms with Crippen LogP contribution in [0.15, 0.2) is 30.7 Å². The van der Waals surface area contributed by atoms with Gasteiger partial charge >= 0.3 is 0 Å². The SMILES string of the molecule is Cc1c(N)cncc1-c1cc2cc(C(C#N)NC(=O)C3CC3)ncc2c(N)c1Cl. The molecule has 1 aromatic carbocycles. The molecule has 0 saturated heterocycles. The number of nitrogens with one attached hydrogen (secondary N) is 1. The molecule has 1 aliphatic rings. The van der Waals surface area contributed by atoms with E-state index in [1.807, 2.05) is 13.0 Å². The van der Waals surface area contributed by atoms with Gasteiger partial charge in [-0.05, 0) is 42.8 Å². The largest absolute Gasteiger partial charge is 0.397 e. The number of hydrogen-bond acceptors (Lipinski definition) is 6. The Bertz CT molecular complexity index is 1180. The topological polar surface area (TPSA) is 131 Å². The lowest BCUT2D eigenvalue weighted by atomic mass is 9.97. The van der Waals surface area contributed by atoms with Crippen molar-refractivity contribution in [2.75, 3.05) is 11.5 Å². The molecule has 8 heteroatoms. The second-order valence-corrected chi connectivity index (χ2v) is 7.61. The smallest absolute Gasteiger partial charge is 0.224 e. The number of carbonyl (C=O) groups is 1. The quantitative estimate of drug-likeness (QED) is 0.568. The molecule has 2 aromatic heterocycles. The number of rotatable bonds is 4. The lowest BCUT2D eigenvalue weighted by Crippen LogP contribution is -2.29. The summed E-state index contributed by atoms with van der Waals surface area (Å²) in [6, 6.07) is 4.90. The molecular formula is C21H19ClN6O. The minimum atomic E-state index is -0.830. The molecule has 1 unspecified atom stereocenters. The summed E-state index contributed by atoms with van der Waals surface area (Å²) < 4.78 is 0. The van der Waals surface area contributed by atoms with Crippen molar-refractivity contribution in [1.82, 2.24) is 15.3 Å². The van der Waals surface area contributed by atoms with E-state index in [4.69, 9.17) is 23.1 Å². The van der Waals surface area contributed by atoms with Crippen molar-refractivity contribution in [2.24, 2.45) is 5.92 Å². The van der Waals surface area contributed by atoms with Crippen LogP contribution in [0.3, 0.4) is 0 Å². The van der Waals surface area contributed by atoms with Crippen LogP contribution in [0.25, 0.3) is 21.9 Å². The molecule has 4 rings (SSSR count). The van der Waals surface area contributed by atoms with Crippen molar-refractivity contribution in [2.45, 2.75) is 25.8 Å². The molecule has 0 bridgehead atoms. The fraction of sp³-hybridized carbons (Fsp3) is 0.238. The number of fused-ring (bicyclic) bond motifs is 1. The Kier molecular flexibility index (Phi) is 4.73. The number of benzene rings is 1. The number of hydrogen-bond donors (Lipinski definition) is 3. The Balaban J connectivity index is 1.81. The number of anilines is 2. The van der Waals surface area contributed by atoms with Crippen LogP contribution < -0.4 is 16.8 Å². The highest BCUT2D eigenvalue weighted by molar-refractivity contribution is 6.37. The first kappa shape index (κ1) is 19.0. The molecule has 146 valence electrons. The monoisotopic (exact) mass is 406 g/mol. The van der Waals surface area contributed by atoms with Crippen molar-refractivity contribution in [3.8, 4) is 17.2 Å². The van der Waals surface area contributed by atoms with Crippen LogP contribution in [0.4, 0.5) is 11.4 Å². The molecule has 5 N–H and O–H groups in total. The normalized spacial score (nSPS) is 14.4. The highest BCUT2D eigenvalue weighted by atomic mass is 35.5. The van der Waals surface area contributed by atoms with Crippen LogP contribution in [0.1, 0.15) is 30.1 Å². The summed E-state index contributed by atoms with van der Waals surface area (Å²) in [7, 11) is 0. The number of halogens is 1. The minimum Gasteiger partial charge on any atom is -0.397 e. The van der Waals surface area contributed by atoms with E-state index in [1.54, 1.807) is 24.7 Å². The van der Waals surface area contributed by atoms with Crippen molar-refractivity contribution in [1.29, 1.82) is 5.26 Å². The van der Waals surface area contributed by atoms with Crippen LogP contribution in [0.2, 0.25) is 5.02 Å². The first-order valence-corrected chi connectivity index (χ1v) is 9.56. The van der Waals surface area contributed by atoms with E-state index in [-0.39, 0.29) is 11.8 Å². The van der Waals surface area contributed by atoms with E-state index >= 15 is 0 Å². The number of nitrogens with two attached hydrogens (primary N) is 2. The first-order chi connectivity index (χ1) is 13.9. The summed E-state index contributed by atoms with van der Waals surface area (Å²) in [5.74, 6) is -0.109. The zero-order valence-corrected chi connectivity index (χ0v) is 16.5. The average molecular weight is 407 g/mol. The van der Waals surface area contributed by atoms with Crippen LogP contribution >= 0.6 is 11.6 Å². The van der Waals surface area contributed by atoms with E-state index in [2.05, 4.69) is 21.4 Å². The van der Waals surface area contributed by atoms with Gasteiger partial charge in [-0.1, -0.05) is 11.6 Å².